The summed E-state index contributed by atoms with van der Waals surface area (Å²) < 4.78 is 0. The SMILES string of the molecule is CC(C)(C)N(CC(=O)O)c1ncc2ccccc2n1. The second-order valence-electron chi connectivity index (χ2n) is 5.38. The molecule has 0 saturated carbocycles. The Hall–Kier alpha value is -2.17. The van der Waals surface area contributed by atoms with Gasteiger partial charge in [-0.25, -0.2) is 9.97 Å². The molecule has 0 bridgehead atoms. The molecule has 1 N–H and O–H groups in total. The van der Waals surface area contributed by atoms with Crippen LogP contribution in [0.1, 0.15) is 20.8 Å². The standard InChI is InChI=1S/C14H17N3O2/c1-14(2,3)17(9-12(18)19)13-15-8-10-6-4-5-7-11(10)16-13/h4-8H,9H2,1-3H3,(H,18,19). The van der Waals surface area contributed by atoms with Gasteiger partial charge in [0.2, 0.25) is 5.95 Å². The number of rotatable bonds is 3. The molecule has 1 heterocycles. The van der Waals surface area contributed by atoms with Gasteiger partial charge in [-0.05, 0) is 26.8 Å². The number of para-hydroxylation sites is 1. The predicted octanol–water partition coefficient (Wildman–Crippen LogP) is 2.32. The third-order valence-electron chi connectivity index (χ3n) is 2.82. The van der Waals surface area contributed by atoms with Crippen molar-refractivity contribution in [1.82, 2.24) is 9.97 Å². The van der Waals surface area contributed by atoms with E-state index in [0.29, 0.717) is 5.95 Å². The van der Waals surface area contributed by atoms with E-state index in [1.54, 1.807) is 11.1 Å². The lowest BCUT2D eigenvalue weighted by molar-refractivity contribution is -0.135. The molecule has 0 radical (unpaired) electrons. The summed E-state index contributed by atoms with van der Waals surface area (Å²) >= 11 is 0. The van der Waals surface area contributed by atoms with E-state index in [1.807, 2.05) is 45.0 Å². The van der Waals surface area contributed by atoms with E-state index in [4.69, 9.17) is 5.11 Å². The van der Waals surface area contributed by atoms with Gasteiger partial charge in [-0.1, -0.05) is 18.2 Å². The third-order valence-corrected chi connectivity index (χ3v) is 2.82. The summed E-state index contributed by atoms with van der Waals surface area (Å²) in [6, 6.07) is 7.64. The fourth-order valence-electron chi connectivity index (χ4n) is 1.84. The molecule has 0 aliphatic heterocycles. The Bertz CT molecular complexity index is 605. The Morgan fingerprint density at radius 2 is 2.00 bits per heavy atom. The first-order valence-electron chi connectivity index (χ1n) is 6.09. The van der Waals surface area contributed by atoms with Crippen LogP contribution in [0, 0.1) is 0 Å². The highest BCUT2D eigenvalue weighted by atomic mass is 16.4. The molecule has 1 aromatic carbocycles. The van der Waals surface area contributed by atoms with Gasteiger partial charge in [0, 0.05) is 17.1 Å². The number of hydrogen-bond donors (Lipinski definition) is 1. The van der Waals surface area contributed by atoms with Gasteiger partial charge in [-0.15, -0.1) is 0 Å². The molecule has 0 amide bonds. The second kappa shape index (κ2) is 4.84. The monoisotopic (exact) mass is 259 g/mol. The van der Waals surface area contributed by atoms with Crippen LogP contribution in [0.25, 0.3) is 10.9 Å². The van der Waals surface area contributed by atoms with E-state index in [-0.39, 0.29) is 12.1 Å². The fraction of sp³-hybridized carbons (Fsp3) is 0.357. The quantitative estimate of drug-likeness (QED) is 0.916. The van der Waals surface area contributed by atoms with Crippen molar-refractivity contribution in [3.05, 3.63) is 30.5 Å². The number of aromatic nitrogens is 2. The fourth-order valence-corrected chi connectivity index (χ4v) is 1.84. The van der Waals surface area contributed by atoms with Crippen molar-refractivity contribution in [3.63, 3.8) is 0 Å². The van der Waals surface area contributed by atoms with Crippen LogP contribution >= 0.6 is 0 Å². The Kier molecular flexibility index (Phi) is 3.38. The summed E-state index contributed by atoms with van der Waals surface area (Å²) in [6.45, 7) is 5.69. The van der Waals surface area contributed by atoms with E-state index < -0.39 is 5.97 Å². The molecule has 5 heteroatoms. The smallest absolute Gasteiger partial charge is 0.323 e. The van der Waals surface area contributed by atoms with Gasteiger partial charge < -0.3 is 10.0 Å². The summed E-state index contributed by atoms with van der Waals surface area (Å²) in [6.07, 6.45) is 1.72. The van der Waals surface area contributed by atoms with Gasteiger partial charge in [0.25, 0.3) is 0 Å². The first-order chi connectivity index (χ1) is 8.88. The first-order valence-corrected chi connectivity index (χ1v) is 6.09. The van der Waals surface area contributed by atoms with Gasteiger partial charge >= 0.3 is 5.97 Å². The number of benzene rings is 1. The summed E-state index contributed by atoms with van der Waals surface area (Å²) in [4.78, 5) is 21.4. The highest BCUT2D eigenvalue weighted by Gasteiger charge is 2.26. The van der Waals surface area contributed by atoms with Crippen LogP contribution < -0.4 is 4.90 Å². The van der Waals surface area contributed by atoms with Crippen LogP contribution in [0.2, 0.25) is 0 Å². The Morgan fingerprint density at radius 3 is 2.63 bits per heavy atom. The molecule has 0 aliphatic rings. The zero-order valence-electron chi connectivity index (χ0n) is 11.3. The molecule has 0 unspecified atom stereocenters. The molecule has 0 spiro atoms. The molecular formula is C14H17N3O2. The largest absolute Gasteiger partial charge is 0.480 e. The molecule has 0 saturated heterocycles. The van der Waals surface area contributed by atoms with Crippen molar-refractivity contribution >= 4 is 22.8 Å². The lowest BCUT2D eigenvalue weighted by Gasteiger charge is -2.34. The Balaban J connectivity index is 2.46. The summed E-state index contributed by atoms with van der Waals surface area (Å²) in [5.41, 5.74) is 0.452. The topological polar surface area (TPSA) is 66.3 Å². The zero-order chi connectivity index (χ0) is 14.0. The van der Waals surface area contributed by atoms with Crippen molar-refractivity contribution in [2.45, 2.75) is 26.3 Å². The average molecular weight is 259 g/mol. The average Bonchev–Trinajstić information content (AvgIpc) is 2.34. The van der Waals surface area contributed by atoms with Crippen molar-refractivity contribution in [2.24, 2.45) is 0 Å². The van der Waals surface area contributed by atoms with Gasteiger partial charge in [0.15, 0.2) is 0 Å². The first kappa shape index (κ1) is 13.3. The molecule has 100 valence electrons. The van der Waals surface area contributed by atoms with E-state index in [2.05, 4.69) is 9.97 Å². The van der Waals surface area contributed by atoms with E-state index in [9.17, 15) is 4.79 Å². The van der Waals surface area contributed by atoms with Gasteiger partial charge in [-0.3, -0.25) is 4.79 Å². The number of aliphatic carboxylic acids is 1. The Labute approximate surface area is 111 Å². The second-order valence-corrected chi connectivity index (χ2v) is 5.38. The van der Waals surface area contributed by atoms with Crippen LogP contribution in [-0.2, 0) is 4.79 Å². The highest BCUT2D eigenvalue weighted by molar-refractivity contribution is 5.79. The van der Waals surface area contributed by atoms with Crippen molar-refractivity contribution in [2.75, 3.05) is 11.4 Å². The summed E-state index contributed by atoms with van der Waals surface area (Å²) in [5, 5.41) is 9.96. The number of carboxylic acids is 1. The van der Waals surface area contributed by atoms with Gasteiger partial charge in [0.1, 0.15) is 6.54 Å². The molecule has 2 aromatic rings. The van der Waals surface area contributed by atoms with Crippen LogP contribution in [0.4, 0.5) is 5.95 Å². The maximum Gasteiger partial charge on any atom is 0.323 e. The number of carbonyl (C=O) groups is 1. The van der Waals surface area contributed by atoms with Crippen molar-refractivity contribution in [1.29, 1.82) is 0 Å². The molecule has 0 aliphatic carbocycles. The lowest BCUT2D eigenvalue weighted by atomic mass is 10.1. The van der Waals surface area contributed by atoms with E-state index in [1.165, 1.54) is 0 Å². The Morgan fingerprint density at radius 1 is 1.32 bits per heavy atom. The number of anilines is 1. The molecule has 2 rings (SSSR count). The minimum atomic E-state index is -0.897. The maximum atomic E-state index is 11.0. The zero-order valence-corrected chi connectivity index (χ0v) is 11.3. The molecule has 1 aromatic heterocycles. The molecule has 5 nitrogen and oxygen atoms in total. The number of hydrogen-bond acceptors (Lipinski definition) is 4. The van der Waals surface area contributed by atoms with E-state index in [0.717, 1.165) is 10.9 Å². The van der Waals surface area contributed by atoms with Crippen molar-refractivity contribution in [3.8, 4) is 0 Å². The van der Waals surface area contributed by atoms with Crippen LogP contribution in [0.15, 0.2) is 30.5 Å². The van der Waals surface area contributed by atoms with Crippen LogP contribution in [-0.4, -0.2) is 33.1 Å². The van der Waals surface area contributed by atoms with Crippen LogP contribution in [0.5, 0.6) is 0 Å². The van der Waals surface area contributed by atoms with Gasteiger partial charge in [-0.2, -0.15) is 0 Å². The number of carboxylic acid groups (broad SMARTS) is 1. The van der Waals surface area contributed by atoms with Gasteiger partial charge in [0.05, 0.1) is 5.52 Å². The summed E-state index contributed by atoms with van der Waals surface area (Å²) in [5.74, 6) is -0.458. The van der Waals surface area contributed by atoms with Crippen LogP contribution in [0.3, 0.4) is 0 Å². The molecular weight excluding hydrogens is 242 g/mol. The van der Waals surface area contributed by atoms with Crippen molar-refractivity contribution < 1.29 is 9.90 Å². The normalized spacial score (nSPS) is 11.5. The molecule has 19 heavy (non-hydrogen) atoms. The minimum absolute atomic E-state index is 0.123. The summed E-state index contributed by atoms with van der Waals surface area (Å²) in [7, 11) is 0. The maximum absolute atomic E-state index is 11.0. The molecule has 0 atom stereocenters. The highest BCUT2D eigenvalue weighted by Crippen LogP contribution is 2.21. The lowest BCUT2D eigenvalue weighted by Crippen LogP contribution is -2.45. The predicted molar refractivity (Wildman–Crippen MR) is 74.3 cm³/mol. The number of fused-ring (bicyclic) bond motifs is 1. The number of nitrogens with zero attached hydrogens (tertiary/aromatic N) is 3. The van der Waals surface area contributed by atoms with E-state index >= 15 is 0 Å². The minimum Gasteiger partial charge on any atom is -0.480 e. The third kappa shape index (κ3) is 2.99. The molecule has 0 fully saturated rings.